The molecule has 2 amide bonds. The minimum atomic E-state index is -0.628. The highest BCUT2D eigenvalue weighted by atomic mass is 16.5. The average molecular weight is 374 g/mol. The van der Waals surface area contributed by atoms with E-state index in [1.807, 2.05) is 12.1 Å². The maximum Gasteiger partial charge on any atom is 0.338 e. The molecule has 0 saturated carbocycles. The molecule has 2 rings (SSSR count). The predicted octanol–water partition coefficient (Wildman–Crippen LogP) is 1.77. The van der Waals surface area contributed by atoms with Crippen LogP contribution in [0.3, 0.4) is 0 Å². The Morgan fingerprint density at radius 2 is 1.96 bits per heavy atom. The van der Waals surface area contributed by atoms with Crippen LogP contribution in [0.5, 0.6) is 5.75 Å². The number of amides is 2. The van der Waals surface area contributed by atoms with Gasteiger partial charge in [0.15, 0.2) is 0 Å². The first-order valence-electron chi connectivity index (χ1n) is 8.41. The van der Waals surface area contributed by atoms with E-state index in [4.69, 9.17) is 14.2 Å². The Bertz CT molecular complexity index is 784. The fraction of sp³-hybridized carbons (Fsp3) is 0.316. The Morgan fingerprint density at radius 3 is 2.67 bits per heavy atom. The number of carbonyl (C=O) groups is 3. The lowest BCUT2D eigenvalue weighted by Crippen LogP contribution is -2.50. The fourth-order valence-electron chi connectivity index (χ4n) is 2.55. The van der Waals surface area contributed by atoms with Gasteiger partial charge in [0.05, 0.1) is 31.0 Å². The van der Waals surface area contributed by atoms with Gasteiger partial charge in [-0.1, -0.05) is 18.2 Å². The number of hydrogen-bond donors (Lipinski definition) is 2. The zero-order valence-electron chi connectivity index (χ0n) is 15.4. The number of ether oxygens (including phenoxy) is 3. The molecular weight excluding hydrogens is 352 g/mol. The first kappa shape index (κ1) is 20.0. The molecule has 8 heteroatoms. The molecule has 0 aliphatic carbocycles. The largest absolute Gasteiger partial charge is 0.496 e. The Hall–Kier alpha value is -3.29. The zero-order valence-corrected chi connectivity index (χ0v) is 15.4. The van der Waals surface area contributed by atoms with E-state index in [0.29, 0.717) is 11.3 Å². The summed E-state index contributed by atoms with van der Waals surface area (Å²) in [5, 5.41) is 5.06. The van der Waals surface area contributed by atoms with Crippen molar-refractivity contribution in [2.75, 3.05) is 20.3 Å². The number of methoxy groups -OCH3 is 1. The molecular formula is C19H22N2O6. The lowest BCUT2D eigenvalue weighted by Gasteiger charge is -2.26. The lowest BCUT2D eigenvalue weighted by molar-refractivity contribution is -0.140. The maximum absolute atomic E-state index is 12.1. The highest BCUT2D eigenvalue weighted by molar-refractivity contribution is 5.95. The van der Waals surface area contributed by atoms with Crippen LogP contribution < -0.4 is 15.4 Å². The summed E-state index contributed by atoms with van der Waals surface area (Å²) < 4.78 is 15.4. The zero-order chi connectivity index (χ0) is 19.8. The number of rotatable bonds is 7. The van der Waals surface area contributed by atoms with E-state index in [1.165, 1.54) is 13.2 Å². The van der Waals surface area contributed by atoms with Crippen LogP contribution in [-0.4, -0.2) is 44.3 Å². The van der Waals surface area contributed by atoms with E-state index in [9.17, 15) is 14.4 Å². The van der Waals surface area contributed by atoms with Gasteiger partial charge in [0.25, 0.3) is 0 Å². The van der Waals surface area contributed by atoms with Crippen molar-refractivity contribution in [2.45, 2.75) is 19.9 Å². The van der Waals surface area contributed by atoms with Crippen LogP contribution >= 0.6 is 0 Å². The lowest BCUT2D eigenvalue weighted by atomic mass is 10.0. The summed E-state index contributed by atoms with van der Waals surface area (Å²) in [6.07, 6.45) is 2.81. The topological polar surface area (TPSA) is 103 Å². The second kappa shape index (κ2) is 9.42. The molecule has 0 aromatic heterocycles. The quantitative estimate of drug-likeness (QED) is 0.557. The van der Waals surface area contributed by atoms with Gasteiger partial charge in [-0.3, -0.25) is 0 Å². The molecule has 1 aromatic carbocycles. The second-order valence-corrected chi connectivity index (χ2v) is 5.62. The Morgan fingerprint density at radius 1 is 1.22 bits per heavy atom. The van der Waals surface area contributed by atoms with Crippen molar-refractivity contribution < 1.29 is 28.6 Å². The minimum Gasteiger partial charge on any atom is -0.496 e. The molecule has 27 heavy (non-hydrogen) atoms. The summed E-state index contributed by atoms with van der Waals surface area (Å²) in [6.45, 7) is 3.26. The van der Waals surface area contributed by atoms with Crippen LogP contribution in [-0.2, 0) is 19.1 Å². The Balaban J connectivity index is 2.08. The van der Waals surface area contributed by atoms with Gasteiger partial charge in [0.2, 0.25) is 0 Å². The number of para-hydroxylation sites is 1. The van der Waals surface area contributed by atoms with Gasteiger partial charge in [-0.2, -0.15) is 0 Å². The molecule has 0 saturated heterocycles. The molecule has 0 bridgehead atoms. The van der Waals surface area contributed by atoms with Gasteiger partial charge in [-0.05, 0) is 26.0 Å². The van der Waals surface area contributed by atoms with Crippen molar-refractivity contribution in [3.8, 4) is 5.75 Å². The molecule has 1 aliphatic heterocycles. The van der Waals surface area contributed by atoms with Gasteiger partial charge in [0.1, 0.15) is 12.4 Å². The molecule has 8 nitrogen and oxygen atoms in total. The number of carbonyl (C=O) groups excluding carboxylic acids is 3. The third-order valence-electron chi connectivity index (χ3n) is 3.76. The first-order valence-corrected chi connectivity index (χ1v) is 8.41. The van der Waals surface area contributed by atoms with E-state index >= 15 is 0 Å². The van der Waals surface area contributed by atoms with Gasteiger partial charge >= 0.3 is 18.0 Å². The van der Waals surface area contributed by atoms with Crippen LogP contribution in [0.1, 0.15) is 19.4 Å². The number of esters is 2. The van der Waals surface area contributed by atoms with Crippen LogP contribution in [0.25, 0.3) is 6.08 Å². The number of benzene rings is 1. The van der Waals surface area contributed by atoms with Crippen molar-refractivity contribution >= 4 is 24.0 Å². The van der Waals surface area contributed by atoms with Gasteiger partial charge in [-0.15, -0.1) is 0 Å². The second-order valence-electron chi connectivity index (χ2n) is 5.62. The number of urea groups is 1. The van der Waals surface area contributed by atoms with Gasteiger partial charge in [0, 0.05) is 11.6 Å². The first-order chi connectivity index (χ1) is 13.0. The SMILES string of the molecule is CCOC(=O)C1=C(COC(=O)/C=C/c2ccccc2OC)NC(=O)NC1C. The van der Waals surface area contributed by atoms with Gasteiger partial charge in [-0.25, -0.2) is 14.4 Å². The molecule has 1 aromatic rings. The van der Waals surface area contributed by atoms with Crippen LogP contribution in [0, 0.1) is 0 Å². The summed E-state index contributed by atoms with van der Waals surface area (Å²) in [4.78, 5) is 35.8. The Labute approximate surface area is 157 Å². The summed E-state index contributed by atoms with van der Waals surface area (Å²) in [5.74, 6) is -0.585. The monoisotopic (exact) mass is 374 g/mol. The summed E-state index contributed by atoms with van der Waals surface area (Å²) in [5.41, 5.74) is 1.13. The van der Waals surface area contributed by atoms with E-state index in [0.717, 1.165) is 0 Å². The normalized spacial score (nSPS) is 16.6. The van der Waals surface area contributed by atoms with Crippen LogP contribution in [0.15, 0.2) is 41.6 Å². The van der Waals surface area contributed by atoms with E-state index < -0.39 is 24.0 Å². The van der Waals surface area contributed by atoms with Crippen molar-refractivity contribution in [3.63, 3.8) is 0 Å². The summed E-state index contributed by atoms with van der Waals surface area (Å²) >= 11 is 0. The average Bonchev–Trinajstić information content (AvgIpc) is 2.64. The van der Waals surface area contributed by atoms with Crippen LogP contribution in [0.4, 0.5) is 4.79 Å². The molecule has 1 unspecified atom stereocenters. The highest BCUT2D eigenvalue weighted by Gasteiger charge is 2.30. The number of nitrogens with one attached hydrogen (secondary N) is 2. The Kier molecular flexibility index (Phi) is 6.99. The van der Waals surface area contributed by atoms with E-state index in [2.05, 4.69) is 10.6 Å². The van der Waals surface area contributed by atoms with Crippen molar-refractivity contribution in [1.29, 1.82) is 0 Å². The minimum absolute atomic E-state index is 0.192. The molecule has 0 spiro atoms. The summed E-state index contributed by atoms with van der Waals surface area (Å²) in [7, 11) is 1.54. The summed E-state index contributed by atoms with van der Waals surface area (Å²) in [6, 6.07) is 6.16. The molecule has 144 valence electrons. The molecule has 0 radical (unpaired) electrons. The molecule has 1 atom stereocenters. The van der Waals surface area contributed by atoms with E-state index in [-0.39, 0.29) is 24.5 Å². The standard InChI is InChI=1S/C19H22N2O6/c1-4-26-18(23)17-12(2)20-19(24)21-14(17)11-27-16(22)10-9-13-7-5-6-8-15(13)25-3/h5-10,12H,4,11H2,1-3H3,(H2,20,21,24)/b10-9+. The van der Waals surface area contributed by atoms with Crippen LogP contribution in [0.2, 0.25) is 0 Å². The molecule has 1 aliphatic rings. The van der Waals surface area contributed by atoms with Crippen molar-refractivity contribution in [2.24, 2.45) is 0 Å². The highest BCUT2D eigenvalue weighted by Crippen LogP contribution is 2.19. The number of hydrogen-bond acceptors (Lipinski definition) is 6. The predicted molar refractivity (Wildman–Crippen MR) is 97.8 cm³/mol. The smallest absolute Gasteiger partial charge is 0.338 e. The van der Waals surface area contributed by atoms with E-state index in [1.54, 1.807) is 32.1 Å². The molecule has 2 N–H and O–H groups in total. The third-order valence-corrected chi connectivity index (χ3v) is 3.76. The van der Waals surface area contributed by atoms with Gasteiger partial charge < -0.3 is 24.8 Å². The third kappa shape index (κ3) is 5.34. The van der Waals surface area contributed by atoms with Crippen molar-refractivity contribution in [3.05, 3.63) is 47.2 Å². The molecule has 0 fully saturated rings. The molecule has 1 heterocycles. The van der Waals surface area contributed by atoms with Crippen molar-refractivity contribution in [1.82, 2.24) is 10.6 Å². The fourth-order valence-corrected chi connectivity index (χ4v) is 2.55. The maximum atomic E-state index is 12.1.